The van der Waals surface area contributed by atoms with Crippen LogP contribution in [0.3, 0.4) is 0 Å². The lowest BCUT2D eigenvalue weighted by atomic mass is 10.1. The number of nitrogens with one attached hydrogen (secondary N) is 1. The number of nitrogens with zero attached hydrogens (tertiary/aromatic N) is 1. The van der Waals surface area contributed by atoms with E-state index in [1.165, 1.54) is 4.31 Å². The fourth-order valence-electron chi connectivity index (χ4n) is 2.80. The predicted octanol–water partition coefficient (Wildman–Crippen LogP) is 3.71. The second-order valence-corrected chi connectivity index (χ2v) is 8.60. The van der Waals surface area contributed by atoms with Gasteiger partial charge in [0, 0.05) is 5.69 Å². The van der Waals surface area contributed by atoms with Crippen LogP contribution in [0.2, 0.25) is 0 Å². The molecular weight excluding hydrogens is 348 g/mol. The second-order valence-electron chi connectivity index (χ2n) is 6.74. The summed E-state index contributed by atoms with van der Waals surface area (Å²) in [4.78, 5) is 12.8. The van der Waals surface area contributed by atoms with Gasteiger partial charge in [-0.05, 0) is 75.1 Å². The Morgan fingerprint density at radius 2 is 1.65 bits per heavy atom. The minimum absolute atomic E-state index is 0.373. The van der Waals surface area contributed by atoms with E-state index in [2.05, 4.69) is 5.32 Å². The van der Waals surface area contributed by atoms with Gasteiger partial charge in [-0.1, -0.05) is 18.2 Å². The van der Waals surface area contributed by atoms with Crippen LogP contribution in [0.15, 0.2) is 36.4 Å². The zero-order valence-electron chi connectivity index (χ0n) is 16.1. The van der Waals surface area contributed by atoms with E-state index in [-0.39, 0.29) is 5.91 Å². The summed E-state index contributed by atoms with van der Waals surface area (Å²) in [6.07, 6.45) is 1.11. The zero-order valence-corrected chi connectivity index (χ0v) is 16.9. The van der Waals surface area contributed by atoms with Gasteiger partial charge in [-0.25, -0.2) is 8.42 Å². The Bertz CT molecular complexity index is 936. The van der Waals surface area contributed by atoms with Gasteiger partial charge in [-0.3, -0.25) is 9.10 Å². The van der Waals surface area contributed by atoms with Crippen LogP contribution in [0.1, 0.15) is 29.2 Å². The molecule has 1 N–H and O–H groups in total. The lowest BCUT2D eigenvalue weighted by Gasteiger charge is -2.29. The highest BCUT2D eigenvalue weighted by atomic mass is 32.2. The highest BCUT2D eigenvalue weighted by Crippen LogP contribution is 2.25. The number of anilines is 2. The van der Waals surface area contributed by atoms with Crippen molar-refractivity contribution in [1.29, 1.82) is 0 Å². The predicted molar refractivity (Wildman–Crippen MR) is 107 cm³/mol. The molecule has 6 heteroatoms. The van der Waals surface area contributed by atoms with E-state index in [1.54, 1.807) is 19.1 Å². The molecule has 2 rings (SSSR count). The van der Waals surface area contributed by atoms with Crippen LogP contribution < -0.4 is 9.62 Å². The highest BCUT2D eigenvalue weighted by Gasteiger charge is 2.29. The summed E-state index contributed by atoms with van der Waals surface area (Å²) in [7, 11) is -3.63. The Morgan fingerprint density at radius 1 is 1.00 bits per heavy atom. The molecule has 2 aromatic carbocycles. The smallest absolute Gasteiger partial charge is 0.248 e. The lowest BCUT2D eigenvalue weighted by molar-refractivity contribution is -0.116. The number of benzene rings is 2. The van der Waals surface area contributed by atoms with Crippen LogP contribution >= 0.6 is 0 Å². The van der Waals surface area contributed by atoms with Gasteiger partial charge in [-0.15, -0.1) is 0 Å². The standard InChI is InChI=1S/C20H26N2O3S/c1-13-10-11-18(12-15(13)3)22(26(6,24)25)17(5)20(23)21-19-9-7-8-14(2)16(19)4/h7-12,17H,1-6H3,(H,21,23)/t17-/m0/s1. The molecule has 0 aliphatic heterocycles. The molecule has 0 spiro atoms. The van der Waals surface area contributed by atoms with E-state index >= 15 is 0 Å². The summed E-state index contributed by atoms with van der Waals surface area (Å²) in [5.41, 5.74) is 5.23. The summed E-state index contributed by atoms with van der Waals surface area (Å²) in [6.45, 7) is 9.36. The van der Waals surface area contributed by atoms with Gasteiger partial charge in [0.05, 0.1) is 11.9 Å². The van der Waals surface area contributed by atoms with Crippen molar-refractivity contribution < 1.29 is 13.2 Å². The van der Waals surface area contributed by atoms with Gasteiger partial charge in [0.2, 0.25) is 15.9 Å². The van der Waals surface area contributed by atoms with E-state index in [9.17, 15) is 13.2 Å². The number of amides is 1. The van der Waals surface area contributed by atoms with Crippen molar-refractivity contribution in [3.63, 3.8) is 0 Å². The van der Waals surface area contributed by atoms with Gasteiger partial charge in [0.25, 0.3) is 0 Å². The molecule has 0 aliphatic carbocycles. The number of sulfonamides is 1. The molecule has 2 aromatic rings. The van der Waals surface area contributed by atoms with Gasteiger partial charge in [0.15, 0.2) is 0 Å². The highest BCUT2D eigenvalue weighted by molar-refractivity contribution is 7.92. The van der Waals surface area contributed by atoms with Crippen molar-refractivity contribution in [2.75, 3.05) is 15.9 Å². The van der Waals surface area contributed by atoms with Gasteiger partial charge >= 0.3 is 0 Å². The van der Waals surface area contributed by atoms with Crippen LogP contribution in [-0.4, -0.2) is 26.6 Å². The molecule has 140 valence electrons. The van der Waals surface area contributed by atoms with Crippen molar-refractivity contribution >= 4 is 27.3 Å². The van der Waals surface area contributed by atoms with E-state index in [1.807, 2.05) is 52.0 Å². The van der Waals surface area contributed by atoms with Gasteiger partial charge in [-0.2, -0.15) is 0 Å². The molecule has 0 fully saturated rings. The molecule has 1 atom stereocenters. The number of hydrogen-bond donors (Lipinski definition) is 1. The zero-order chi connectivity index (χ0) is 19.6. The van der Waals surface area contributed by atoms with Crippen molar-refractivity contribution in [2.45, 2.75) is 40.7 Å². The summed E-state index contributed by atoms with van der Waals surface area (Å²) < 4.78 is 26.0. The topological polar surface area (TPSA) is 66.5 Å². The largest absolute Gasteiger partial charge is 0.324 e. The molecule has 0 bridgehead atoms. The average molecular weight is 375 g/mol. The van der Waals surface area contributed by atoms with Crippen LogP contribution in [0, 0.1) is 27.7 Å². The molecule has 0 aromatic heterocycles. The van der Waals surface area contributed by atoms with E-state index in [4.69, 9.17) is 0 Å². The van der Waals surface area contributed by atoms with Crippen LogP contribution in [0.4, 0.5) is 11.4 Å². The maximum Gasteiger partial charge on any atom is 0.248 e. The SMILES string of the molecule is Cc1ccc(N([C@@H](C)C(=O)Nc2cccc(C)c2C)S(C)(=O)=O)cc1C. The maximum atomic E-state index is 12.8. The van der Waals surface area contributed by atoms with Crippen molar-refractivity contribution in [3.05, 3.63) is 58.7 Å². The van der Waals surface area contributed by atoms with Crippen molar-refractivity contribution in [2.24, 2.45) is 0 Å². The van der Waals surface area contributed by atoms with Crippen LogP contribution in [0.5, 0.6) is 0 Å². The van der Waals surface area contributed by atoms with E-state index < -0.39 is 16.1 Å². The molecule has 0 unspecified atom stereocenters. The van der Waals surface area contributed by atoms with Crippen LogP contribution in [0.25, 0.3) is 0 Å². The number of rotatable bonds is 5. The first-order valence-corrected chi connectivity index (χ1v) is 10.3. The van der Waals surface area contributed by atoms with Crippen molar-refractivity contribution in [1.82, 2.24) is 0 Å². The number of carbonyl (C=O) groups excluding carboxylic acids is 1. The molecule has 0 heterocycles. The first kappa shape index (κ1) is 20.0. The Hall–Kier alpha value is -2.34. The molecule has 0 radical (unpaired) electrons. The Kier molecular flexibility index (Phi) is 5.76. The fraction of sp³-hybridized carbons (Fsp3) is 0.350. The summed E-state index contributed by atoms with van der Waals surface area (Å²) in [6, 6.07) is 10.1. The molecule has 5 nitrogen and oxygen atoms in total. The minimum Gasteiger partial charge on any atom is -0.324 e. The van der Waals surface area contributed by atoms with Crippen LogP contribution in [-0.2, 0) is 14.8 Å². The summed E-state index contributed by atoms with van der Waals surface area (Å²) in [5, 5.41) is 2.85. The van der Waals surface area contributed by atoms with E-state index in [0.717, 1.165) is 28.5 Å². The third-order valence-electron chi connectivity index (χ3n) is 4.70. The summed E-state index contributed by atoms with van der Waals surface area (Å²) >= 11 is 0. The molecule has 1 amide bonds. The quantitative estimate of drug-likeness (QED) is 0.867. The molecular formula is C20H26N2O3S. The van der Waals surface area contributed by atoms with Gasteiger partial charge in [0.1, 0.15) is 6.04 Å². The Morgan fingerprint density at radius 3 is 2.23 bits per heavy atom. The third-order valence-corrected chi connectivity index (χ3v) is 5.94. The number of hydrogen-bond acceptors (Lipinski definition) is 3. The monoisotopic (exact) mass is 374 g/mol. The molecule has 0 saturated carbocycles. The Balaban J connectivity index is 2.37. The normalized spacial score (nSPS) is 12.5. The number of carbonyl (C=O) groups is 1. The first-order chi connectivity index (χ1) is 12.0. The minimum atomic E-state index is -3.63. The third kappa shape index (κ3) is 4.25. The van der Waals surface area contributed by atoms with E-state index in [0.29, 0.717) is 11.4 Å². The fourth-order valence-corrected chi connectivity index (χ4v) is 3.96. The van der Waals surface area contributed by atoms with Crippen molar-refractivity contribution in [3.8, 4) is 0 Å². The molecule has 0 aliphatic rings. The van der Waals surface area contributed by atoms with Gasteiger partial charge < -0.3 is 5.32 Å². The molecule has 26 heavy (non-hydrogen) atoms. The first-order valence-electron chi connectivity index (χ1n) is 8.46. The number of aryl methyl sites for hydroxylation is 3. The lowest BCUT2D eigenvalue weighted by Crippen LogP contribution is -2.45. The Labute approximate surface area is 156 Å². The average Bonchev–Trinajstić information content (AvgIpc) is 2.54. The maximum absolute atomic E-state index is 12.8. The second kappa shape index (κ2) is 7.50. The summed E-state index contributed by atoms with van der Waals surface area (Å²) in [5.74, 6) is -0.373. The molecule has 0 saturated heterocycles.